The Morgan fingerprint density at radius 3 is 1.04 bits per heavy atom. The van der Waals surface area contributed by atoms with Gasteiger partial charge in [-0.1, -0.05) is 243 Å². The minimum atomic E-state index is -0.879. The summed E-state index contributed by atoms with van der Waals surface area (Å²) >= 11 is 0. The van der Waals surface area contributed by atoms with Gasteiger partial charge in [0.05, 0.1) is 55.4 Å². The van der Waals surface area contributed by atoms with Crippen molar-refractivity contribution in [2.24, 2.45) is 0 Å². The number of hydrogen-bond donors (Lipinski definition) is 0. The fourth-order valence-electron chi connectivity index (χ4n) is 16.0. The lowest BCUT2D eigenvalue weighted by atomic mass is 9.67. The zero-order chi connectivity index (χ0) is 54.7. The SMILES string of the molecule is N#Cc1c(C#N)c(-n2c3ccc(-c4ccccc4)cc3c3ccc4ccccc4c32)c2c(c1-n1c3ccc(-c4ccccc4)cc3c3ccc4ccccc4c31)C1(CC23c2ccccc2-c2ccccc23)c2ccccc2-c2ccccc21. The van der Waals surface area contributed by atoms with Crippen molar-refractivity contribution in [3.63, 3.8) is 0 Å². The summed E-state index contributed by atoms with van der Waals surface area (Å²) in [4.78, 5) is 0. The quantitative estimate of drug-likeness (QED) is 0.176. The molecule has 83 heavy (non-hydrogen) atoms. The Labute approximate surface area is 478 Å². The van der Waals surface area contributed by atoms with E-state index < -0.39 is 10.8 Å². The number of fused-ring (bicyclic) bond motifs is 23. The lowest BCUT2D eigenvalue weighted by molar-refractivity contribution is 0.513. The van der Waals surface area contributed by atoms with Crippen molar-refractivity contribution in [1.82, 2.24) is 9.13 Å². The van der Waals surface area contributed by atoms with Gasteiger partial charge in [-0.05, 0) is 119 Å². The molecule has 4 heteroatoms. The molecule has 4 nitrogen and oxygen atoms in total. The van der Waals surface area contributed by atoms with E-state index in [1.165, 1.54) is 44.5 Å². The maximum absolute atomic E-state index is 12.8. The van der Waals surface area contributed by atoms with Crippen molar-refractivity contribution in [3.8, 4) is 68.0 Å². The Hall–Kier alpha value is -11.0. The predicted molar refractivity (Wildman–Crippen MR) is 339 cm³/mol. The summed E-state index contributed by atoms with van der Waals surface area (Å²) in [6, 6.07) is 103. The fraction of sp³-hybridized carbons (Fsp3) is 0.0380. The zero-order valence-corrected chi connectivity index (χ0v) is 44.9. The summed E-state index contributed by atoms with van der Waals surface area (Å²) in [7, 11) is 0. The molecule has 15 aromatic rings. The van der Waals surface area contributed by atoms with Gasteiger partial charge in [0.1, 0.15) is 12.1 Å². The Balaban J connectivity index is 1.14. The van der Waals surface area contributed by atoms with Gasteiger partial charge in [-0.2, -0.15) is 10.5 Å². The van der Waals surface area contributed by atoms with Gasteiger partial charge in [-0.3, -0.25) is 0 Å². The van der Waals surface area contributed by atoms with E-state index in [-0.39, 0.29) is 0 Å². The van der Waals surface area contributed by atoms with E-state index in [0.717, 1.165) is 110 Å². The molecule has 0 unspecified atom stereocenters. The molecular weight excluding hydrogens is 1000 g/mol. The molecule has 3 aliphatic rings. The average molecular weight is 1050 g/mol. The van der Waals surface area contributed by atoms with E-state index >= 15 is 0 Å². The van der Waals surface area contributed by atoms with Crippen LogP contribution in [0, 0.1) is 22.7 Å². The minimum absolute atomic E-state index is 0.342. The molecule has 2 heterocycles. The summed E-state index contributed by atoms with van der Waals surface area (Å²) in [5.74, 6) is 0. The van der Waals surface area contributed by atoms with Crippen LogP contribution in [0.1, 0.15) is 50.9 Å². The molecule has 0 fully saturated rings. The van der Waals surface area contributed by atoms with E-state index in [2.05, 4.69) is 288 Å². The molecule has 0 amide bonds. The van der Waals surface area contributed by atoms with Crippen molar-refractivity contribution in [2.75, 3.05) is 0 Å². The summed E-state index contributed by atoms with van der Waals surface area (Å²) in [6.07, 6.45) is 0.600. The third kappa shape index (κ3) is 5.81. The van der Waals surface area contributed by atoms with Crippen LogP contribution in [0.3, 0.4) is 0 Å². The number of rotatable bonds is 4. The molecule has 0 N–H and O–H groups in total. The molecule has 0 radical (unpaired) electrons. The first kappa shape index (κ1) is 45.8. The van der Waals surface area contributed by atoms with Gasteiger partial charge < -0.3 is 9.13 Å². The highest BCUT2D eigenvalue weighted by atomic mass is 15.0. The number of aromatic nitrogens is 2. The highest BCUT2D eigenvalue weighted by Gasteiger charge is 2.64. The Kier molecular flexibility index (Phi) is 9.24. The number of nitrogens with zero attached hydrogens (tertiary/aromatic N) is 4. The van der Waals surface area contributed by atoms with Gasteiger partial charge in [0, 0.05) is 32.3 Å². The van der Waals surface area contributed by atoms with Crippen LogP contribution in [0.4, 0.5) is 0 Å². The molecule has 3 aliphatic carbocycles. The summed E-state index contributed by atoms with van der Waals surface area (Å²) < 4.78 is 4.85. The van der Waals surface area contributed by atoms with Crippen LogP contribution >= 0.6 is 0 Å². The van der Waals surface area contributed by atoms with E-state index in [4.69, 9.17) is 0 Å². The van der Waals surface area contributed by atoms with Crippen molar-refractivity contribution in [3.05, 3.63) is 311 Å². The third-order valence-electron chi connectivity index (χ3n) is 19.1. The normalized spacial score (nSPS) is 13.9. The second-order valence-corrected chi connectivity index (χ2v) is 22.8. The maximum atomic E-state index is 12.8. The fourth-order valence-corrected chi connectivity index (χ4v) is 16.0. The second-order valence-electron chi connectivity index (χ2n) is 22.8. The maximum Gasteiger partial charge on any atom is 0.103 e. The summed E-state index contributed by atoms with van der Waals surface area (Å²) in [6.45, 7) is 0. The van der Waals surface area contributed by atoms with Crippen LogP contribution in [0.15, 0.2) is 267 Å². The largest absolute Gasteiger partial charge is 0.307 e. The second kappa shape index (κ2) is 16.8. The molecule has 18 rings (SSSR count). The van der Waals surface area contributed by atoms with Crippen LogP contribution in [0.2, 0.25) is 0 Å². The molecule has 0 saturated carbocycles. The number of nitriles is 2. The lowest BCUT2D eigenvalue weighted by Crippen LogP contribution is -2.30. The molecule has 2 spiro atoms. The Bertz CT molecular complexity index is 5020. The third-order valence-corrected chi connectivity index (χ3v) is 19.1. The predicted octanol–water partition coefficient (Wildman–Crippen LogP) is 19.3. The van der Waals surface area contributed by atoms with E-state index in [1.807, 2.05) is 0 Å². The zero-order valence-electron chi connectivity index (χ0n) is 44.9. The molecule has 382 valence electrons. The average Bonchev–Trinajstić information content (AvgIpc) is 1.74. The van der Waals surface area contributed by atoms with Crippen LogP contribution in [0.5, 0.6) is 0 Å². The van der Waals surface area contributed by atoms with Gasteiger partial charge in [0.15, 0.2) is 0 Å². The van der Waals surface area contributed by atoms with Crippen LogP contribution < -0.4 is 0 Å². The first-order valence-corrected chi connectivity index (χ1v) is 28.6. The van der Waals surface area contributed by atoms with Crippen molar-refractivity contribution in [2.45, 2.75) is 17.3 Å². The molecule has 0 saturated heterocycles. The van der Waals surface area contributed by atoms with Crippen molar-refractivity contribution < 1.29 is 0 Å². The minimum Gasteiger partial charge on any atom is -0.307 e. The first-order chi connectivity index (χ1) is 41.1. The van der Waals surface area contributed by atoms with Crippen LogP contribution in [-0.2, 0) is 10.8 Å². The first-order valence-electron chi connectivity index (χ1n) is 28.6. The van der Waals surface area contributed by atoms with Gasteiger partial charge in [-0.25, -0.2) is 0 Å². The van der Waals surface area contributed by atoms with E-state index in [0.29, 0.717) is 17.5 Å². The molecular formula is C79H46N4. The summed E-state index contributed by atoms with van der Waals surface area (Å²) in [5.41, 5.74) is 20.4. The molecule has 0 bridgehead atoms. The van der Waals surface area contributed by atoms with Gasteiger partial charge in [0.2, 0.25) is 0 Å². The van der Waals surface area contributed by atoms with Crippen LogP contribution in [0.25, 0.3) is 121 Å². The standard InChI is InChI=1S/C79H46N4/c80-45-64-65(46-81)77(83-71-42-38-53(49-21-5-2-6-22-49)44-63(71)61-40-36-51-24-8-10-26-55(51)75(61)83)73-72(76(64)82-70-41-37-52(48-19-3-1-4-20-48)43-62(70)60-39-35-50-23-7-9-25-54(50)74(60)82)78(66-31-15-11-27-56(66)57-28-12-16-32-67(57)78)47-79(73)68-33-17-13-29-58(68)59-30-14-18-34-69(59)79/h1-44H,47H2. The Morgan fingerprint density at radius 2 is 0.651 bits per heavy atom. The number of hydrogen-bond acceptors (Lipinski definition) is 2. The molecule has 0 atom stereocenters. The summed E-state index contributed by atoms with van der Waals surface area (Å²) in [5, 5.41) is 34.1. The van der Waals surface area contributed by atoms with E-state index in [1.54, 1.807) is 0 Å². The van der Waals surface area contributed by atoms with Crippen molar-refractivity contribution >= 4 is 65.2 Å². The van der Waals surface area contributed by atoms with Gasteiger partial charge in [0.25, 0.3) is 0 Å². The van der Waals surface area contributed by atoms with Crippen LogP contribution in [-0.4, -0.2) is 9.13 Å². The highest BCUT2D eigenvalue weighted by Crippen LogP contribution is 2.72. The topological polar surface area (TPSA) is 57.4 Å². The van der Waals surface area contributed by atoms with Gasteiger partial charge >= 0.3 is 0 Å². The highest BCUT2D eigenvalue weighted by molar-refractivity contribution is 6.21. The molecule has 13 aromatic carbocycles. The molecule has 0 aliphatic heterocycles. The Morgan fingerprint density at radius 1 is 0.301 bits per heavy atom. The van der Waals surface area contributed by atoms with Crippen molar-refractivity contribution in [1.29, 1.82) is 10.5 Å². The monoisotopic (exact) mass is 1050 g/mol. The van der Waals surface area contributed by atoms with E-state index in [9.17, 15) is 10.5 Å². The van der Waals surface area contributed by atoms with Gasteiger partial charge in [-0.15, -0.1) is 0 Å². The lowest BCUT2D eigenvalue weighted by Gasteiger charge is -2.34. The number of benzene rings is 13. The molecule has 2 aromatic heterocycles. The smallest absolute Gasteiger partial charge is 0.103 e.